The quantitative estimate of drug-likeness (QED) is 0.560. The van der Waals surface area contributed by atoms with E-state index in [9.17, 15) is 14.0 Å². The standard InChI is InChI=1S/C24H21FN4O2S/c25-18-7-2-1-6-17(18)16-29-23(30)21(19-8-5-15-32-19)22(24(29)31)28-13-11-27(12-14-28)20-9-3-4-10-26-20/h1-10,15H,11-14,16H2. The molecule has 0 saturated carbocycles. The highest BCUT2D eigenvalue weighted by molar-refractivity contribution is 7.11. The van der Waals surface area contributed by atoms with Gasteiger partial charge in [-0.15, -0.1) is 11.3 Å². The number of aromatic nitrogens is 1. The predicted octanol–water partition coefficient (Wildman–Crippen LogP) is 3.38. The molecule has 3 aromatic rings. The van der Waals surface area contributed by atoms with Crippen LogP contribution in [0.2, 0.25) is 0 Å². The number of nitrogens with zero attached hydrogens (tertiary/aromatic N) is 4. The van der Waals surface area contributed by atoms with Crippen LogP contribution in [0, 0.1) is 5.82 Å². The fraction of sp³-hybridized carbons (Fsp3) is 0.208. The molecule has 0 N–H and O–H groups in total. The second-order valence-corrected chi connectivity index (χ2v) is 8.60. The molecule has 32 heavy (non-hydrogen) atoms. The number of pyridine rings is 1. The van der Waals surface area contributed by atoms with E-state index in [0.717, 1.165) is 15.6 Å². The molecule has 1 fully saturated rings. The van der Waals surface area contributed by atoms with E-state index >= 15 is 0 Å². The summed E-state index contributed by atoms with van der Waals surface area (Å²) in [5.41, 5.74) is 1.14. The zero-order valence-corrected chi connectivity index (χ0v) is 18.1. The Bertz CT molecular complexity index is 1170. The number of amides is 2. The number of hydrogen-bond donors (Lipinski definition) is 0. The van der Waals surface area contributed by atoms with Gasteiger partial charge in [-0.05, 0) is 29.6 Å². The Balaban J connectivity index is 1.43. The summed E-state index contributed by atoms with van der Waals surface area (Å²) >= 11 is 1.42. The Morgan fingerprint density at radius 1 is 0.875 bits per heavy atom. The fourth-order valence-corrected chi connectivity index (χ4v) is 4.90. The van der Waals surface area contributed by atoms with Crippen molar-refractivity contribution in [3.63, 3.8) is 0 Å². The fourth-order valence-electron chi connectivity index (χ4n) is 4.14. The molecule has 0 aliphatic carbocycles. The van der Waals surface area contributed by atoms with Gasteiger partial charge in [-0.3, -0.25) is 14.5 Å². The summed E-state index contributed by atoms with van der Waals surface area (Å²) in [6, 6.07) is 15.7. The van der Waals surface area contributed by atoms with E-state index in [4.69, 9.17) is 0 Å². The van der Waals surface area contributed by atoms with Crippen molar-refractivity contribution in [2.24, 2.45) is 0 Å². The monoisotopic (exact) mass is 448 g/mol. The van der Waals surface area contributed by atoms with Gasteiger partial charge in [0.05, 0.1) is 12.1 Å². The molecule has 5 rings (SSSR count). The Morgan fingerprint density at radius 3 is 2.31 bits per heavy atom. The average molecular weight is 449 g/mol. The summed E-state index contributed by atoms with van der Waals surface area (Å²) in [5, 5.41) is 1.89. The summed E-state index contributed by atoms with van der Waals surface area (Å²) in [6.07, 6.45) is 1.76. The number of thiophene rings is 1. The largest absolute Gasteiger partial charge is 0.363 e. The number of rotatable bonds is 5. The van der Waals surface area contributed by atoms with Gasteiger partial charge in [0.1, 0.15) is 17.3 Å². The number of anilines is 1. The van der Waals surface area contributed by atoms with Crippen LogP contribution in [0.5, 0.6) is 0 Å². The molecule has 2 aliphatic rings. The zero-order valence-electron chi connectivity index (χ0n) is 17.3. The Labute approximate surface area is 189 Å². The first-order valence-electron chi connectivity index (χ1n) is 10.4. The first-order chi connectivity index (χ1) is 15.6. The molecule has 2 aliphatic heterocycles. The minimum atomic E-state index is -0.428. The van der Waals surface area contributed by atoms with Crippen molar-refractivity contribution in [1.29, 1.82) is 0 Å². The van der Waals surface area contributed by atoms with Crippen LogP contribution >= 0.6 is 11.3 Å². The lowest BCUT2D eigenvalue weighted by Gasteiger charge is -2.37. The average Bonchev–Trinajstić information content (AvgIpc) is 3.43. The van der Waals surface area contributed by atoms with E-state index in [1.807, 2.05) is 40.6 Å². The van der Waals surface area contributed by atoms with E-state index in [2.05, 4.69) is 9.88 Å². The molecule has 0 spiro atoms. The molecule has 6 nitrogen and oxygen atoms in total. The molecule has 0 atom stereocenters. The molecule has 1 saturated heterocycles. The molecular weight excluding hydrogens is 427 g/mol. The van der Waals surface area contributed by atoms with Crippen molar-refractivity contribution in [3.05, 3.63) is 88.1 Å². The van der Waals surface area contributed by atoms with E-state index in [-0.39, 0.29) is 18.4 Å². The third kappa shape index (κ3) is 3.67. The van der Waals surface area contributed by atoms with Crippen molar-refractivity contribution < 1.29 is 14.0 Å². The lowest BCUT2D eigenvalue weighted by Crippen LogP contribution is -2.47. The lowest BCUT2D eigenvalue weighted by molar-refractivity contribution is -0.138. The van der Waals surface area contributed by atoms with Crippen molar-refractivity contribution in [3.8, 4) is 0 Å². The summed E-state index contributed by atoms with van der Waals surface area (Å²) in [7, 11) is 0. The summed E-state index contributed by atoms with van der Waals surface area (Å²) in [5.74, 6) is -0.270. The molecule has 0 radical (unpaired) electrons. The molecule has 0 bridgehead atoms. The number of carbonyl (C=O) groups is 2. The SMILES string of the molecule is O=C1C(c2cccs2)=C(N2CCN(c3ccccn3)CC2)C(=O)N1Cc1ccccc1F. The van der Waals surface area contributed by atoms with Crippen LogP contribution in [-0.2, 0) is 16.1 Å². The minimum Gasteiger partial charge on any atom is -0.363 e. The molecule has 1 aromatic carbocycles. The predicted molar refractivity (Wildman–Crippen MR) is 121 cm³/mol. The van der Waals surface area contributed by atoms with Crippen LogP contribution in [-0.4, -0.2) is 52.8 Å². The van der Waals surface area contributed by atoms with Crippen LogP contribution in [0.3, 0.4) is 0 Å². The third-order valence-electron chi connectivity index (χ3n) is 5.77. The number of hydrogen-bond acceptors (Lipinski definition) is 6. The Hall–Kier alpha value is -3.52. The Morgan fingerprint density at radius 2 is 1.62 bits per heavy atom. The van der Waals surface area contributed by atoms with Gasteiger partial charge in [0.15, 0.2) is 0 Å². The zero-order chi connectivity index (χ0) is 22.1. The van der Waals surface area contributed by atoms with Crippen LogP contribution in [0.25, 0.3) is 5.57 Å². The van der Waals surface area contributed by atoms with Gasteiger partial charge < -0.3 is 9.80 Å². The topological polar surface area (TPSA) is 56.8 Å². The number of carbonyl (C=O) groups excluding carboxylic acids is 2. The second-order valence-electron chi connectivity index (χ2n) is 7.65. The maximum Gasteiger partial charge on any atom is 0.278 e. The Kier molecular flexibility index (Phi) is 5.45. The third-order valence-corrected chi connectivity index (χ3v) is 6.65. The summed E-state index contributed by atoms with van der Waals surface area (Å²) in [4.78, 5) is 37.3. The first-order valence-corrected chi connectivity index (χ1v) is 11.3. The molecule has 0 unspecified atom stereocenters. The minimum absolute atomic E-state index is 0.0867. The lowest BCUT2D eigenvalue weighted by atomic mass is 10.1. The van der Waals surface area contributed by atoms with Gasteiger partial charge >= 0.3 is 0 Å². The second kappa shape index (κ2) is 8.55. The van der Waals surface area contributed by atoms with Crippen molar-refractivity contribution >= 4 is 34.5 Å². The van der Waals surface area contributed by atoms with Crippen LogP contribution in [0.4, 0.5) is 10.2 Å². The maximum absolute atomic E-state index is 14.2. The van der Waals surface area contributed by atoms with Gasteiger partial charge in [0, 0.05) is 42.8 Å². The normalized spacial score (nSPS) is 17.0. The molecule has 4 heterocycles. The van der Waals surface area contributed by atoms with E-state index < -0.39 is 5.82 Å². The molecule has 2 amide bonds. The van der Waals surface area contributed by atoms with Crippen molar-refractivity contribution in [2.75, 3.05) is 31.1 Å². The highest BCUT2D eigenvalue weighted by Crippen LogP contribution is 2.35. The van der Waals surface area contributed by atoms with E-state index in [1.165, 1.54) is 17.4 Å². The van der Waals surface area contributed by atoms with E-state index in [1.54, 1.807) is 24.4 Å². The van der Waals surface area contributed by atoms with Gasteiger partial charge in [0.25, 0.3) is 11.8 Å². The number of imide groups is 1. The van der Waals surface area contributed by atoms with Crippen molar-refractivity contribution in [2.45, 2.75) is 6.54 Å². The highest BCUT2D eigenvalue weighted by Gasteiger charge is 2.42. The van der Waals surface area contributed by atoms with Gasteiger partial charge in [-0.2, -0.15) is 0 Å². The van der Waals surface area contributed by atoms with Crippen LogP contribution in [0.15, 0.2) is 71.9 Å². The number of halogens is 1. The van der Waals surface area contributed by atoms with Gasteiger partial charge in [-0.1, -0.05) is 30.3 Å². The number of piperazine rings is 1. The molecular formula is C24H21FN4O2S. The first kappa shape index (κ1) is 20.4. The van der Waals surface area contributed by atoms with Crippen molar-refractivity contribution in [1.82, 2.24) is 14.8 Å². The number of benzene rings is 1. The smallest absolute Gasteiger partial charge is 0.278 e. The summed E-state index contributed by atoms with van der Waals surface area (Å²) in [6.45, 7) is 2.47. The van der Waals surface area contributed by atoms with Crippen LogP contribution < -0.4 is 4.90 Å². The highest BCUT2D eigenvalue weighted by atomic mass is 32.1. The molecule has 162 valence electrons. The molecule has 8 heteroatoms. The molecule has 2 aromatic heterocycles. The van der Waals surface area contributed by atoms with E-state index in [0.29, 0.717) is 43.0 Å². The van der Waals surface area contributed by atoms with Crippen LogP contribution in [0.1, 0.15) is 10.4 Å². The summed E-state index contributed by atoms with van der Waals surface area (Å²) < 4.78 is 14.2. The van der Waals surface area contributed by atoms with Gasteiger partial charge in [-0.25, -0.2) is 9.37 Å². The van der Waals surface area contributed by atoms with Gasteiger partial charge in [0.2, 0.25) is 0 Å². The maximum atomic E-state index is 14.2.